The van der Waals surface area contributed by atoms with Gasteiger partial charge in [-0.1, -0.05) is 0 Å². The van der Waals surface area contributed by atoms with Gasteiger partial charge in [0.05, 0.1) is 12.7 Å². The Morgan fingerprint density at radius 1 is 1.67 bits per heavy atom. The average Bonchev–Trinajstić information content (AvgIpc) is 2.97. The number of hydrogen-bond acceptors (Lipinski definition) is 4. The standard InChI is InChI=1S/C13H23N3O2/c1-11(10-17-2)15-13-14-6-8-16(13)7-5-12-4-3-9-18-12/h6,8,11-12H,3-5,7,9-10H2,1-2H3,(H,14,15). The first-order chi connectivity index (χ1) is 8.79. The normalized spacial score (nSPS) is 21.1. The first-order valence-corrected chi connectivity index (χ1v) is 6.68. The van der Waals surface area contributed by atoms with Crippen molar-refractivity contribution in [2.45, 2.75) is 44.9 Å². The second-order valence-electron chi connectivity index (χ2n) is 4.87. The minimum atomic E-state index is 0.263. The van der Waals surface area contributed by atoms with E-state index in [1.165, 1.54) is 12.8 Å². The summed E-state index contributed by atoms with van der Waals surface area (Å²) in [7, 11) is 1.71. The second kappa shape index (κ2) is 6.75. The van der Waals surface area contributed by atoms with E-state index in [0.29, 0.717) is 12.7 Å². The molecule has 1 saturated heterocycles. The Balaban J connectivity index is 1.82. The highest BCUT2D eigenvalue weighted by atomic mass is 16.5. The molecule has 1 fully saturated rings. The van der Waals surface area contributed by atoms with Crippen molar-refractivity contribution < 1.29 is 9.47 Å². The van der Waals surface area contributed by atoms with Crippen molar-refractivity contribution in [3.63, 3.8) is 0 Å². The monoisotopic (exact) mass is 253 g/mol. The third-order valence-corrected chi connectivity index (χ3v) is 3.22. The van der Waals surface area contributed by atoms with E-state index in [1.807, 2.05) is 12.4 Å². The Morgan fingerprint density at radius 3 is 3.28 bits per heavy atom. The quantitative estimate of drug-likeness (QED) is 0.806. The molecular weight excluding hydrogens is 230 g/mol. The summed E-state index contributed by atoms with van der Waals surface area (Å²) in [4.78, 5) is 4.34. The molecule has 0 saturated carbocycles. The molecule has 0 spiro atoms. The molecule has 0 aromatic carbocycles. The van der Waals surface area contributed by atoms with Crippen molar-refractivity contribution in [3.8, 4) is 0 Å². The number of nitrogens with one attached hydrogen (secondary N) is 1. The lowest BCUT2D eigenvalue weighted by Gasteiger charge is -2.16. The van der Waals surface area contributed by atoms with Crippen LogP contribution in [0.1, 0.15) is 26.2 Å². The summed E-state index contributed by atoms with van der Waals surface area (Å²) in [6.45, 7) is 4.64. The lowest BCUT2D eigenvalue weighted by Crippen LogP contribution is -2.23. The fraction of sp³-hybridized carbons (Fsp3) is 0.769. The first kappa shape index (κ1) is 13.4. The Labute approximate surface area is 108 Å². The maximum Gasteiger partial charge on any atom is 0.203 e. The predicted molar refractivity (Wildman–Crippen MR) is 70.8 cm³/mol. The average molecular weight is 253 g/mol. The topological polar surface area (TPSA) is 48.3 Å². The van der Waals surface area contributed by atoms with Gasteiger partial charge in [0.15, 0.2) is 0 Å². The van der Waals surface area contributed by atoms with Crippen molar-refractivity contribution in [3.05, 3.63) is 12.4 Å². The van der Waals surface area contributed by atoms with Crippen molar-refractivity contribution in [2.75, 3.05) is 25.6 Å². The van der Waals surface area contributed by atoms with Gasteiger partial charge in [0, 0.05) is 38.7 Å². The van der Waals surface area contributed by atoms with E-state index < -0.39 is 0 Å². The maximum absolute atomic E-state index is 5.64. The van der Waals surface area contributed by atoms with Gasteiger partial charge in [-0.25, -0.2) is 4.98 Å². The Hall–Kier alpha value is -1.07. The smallest absolute Gasteiger partial charge is 0.203 e. The molecule has 1 N–H and O–H groups in total. The van der Waals surface area contributed by atoms with Crippen molar-refractivity contribution in [1.82, 2.24) is 9.55 Å². The van der Waals surface area contributed by atoms with Crippen LogP contribution in [0.4, 0.5) is 5.95 Å². The Bertz CT molecular complexity index is 348. The number of imidazole rings is 1. The number of aryl methyl sites for hydroxylation is 1. The molecule has 0 radical (unpaired) electrons. The molecule has 18 heavy (non-hydrogen) atoms. The molecule has 0 amide bonds. The predicted octanol–water partition coefficient (Wildman–Crippen LogP) is 1.90. The van der Waals surface area contributed by atoms with Gasteiger partial charge in [-0.15, -0.1) is 0 Å². The number of nitrogens with zero attached hydrogens (tertiary/aromatic N) is 2. The maximum atomic E-state index is 5.64. The van der Waals surface area contributed by atoms with Gasteiger partial charge in [-0.05, 0) is 26.2 Å². The largest absolute Gasteiger partial charge is 0.383 e. The highest BCUT2D eigenvalue weighted by molar-refractivity contribution is 5.27. The number of methoxy groups -OCH3 is 1. The first-order valence-electron chi connectivity index (χ1n) is 6.68. The summed E-state index contributed by atoms with van der Waals surface area (Å²) >= 11 is 0. The van der Waals surface area contributed by atoms with Crippen LogP contribution in [0, 0.1) is 0 Å². The van der Waals surface area contributed by atoms with Crippen molar-refractivity contribution >= 4 is 5.95 Å². The molecule has 5 heteroatoms. The number of aromatic nitrogens is 2. The van der Waals surface area contributed by atoms with Gasteiger partial charge >= 0.3 is 0 Å². The van der Waals surface area contributed by atoms with Crippen LogP contribution in [-0.2, 0) is 16.0 Å². The van der Waals surface area contributed by atoms with E-state index in [2.05, 4.69) is 21.8 Å². The number of anilines is 1. The van der Waals surface area contributed by atoms with Crippen molar-refractivity contribution in [2.24, 2.45) is 0 Å². The summed E-state index contributed by atoms with van der Waals surface area (Å²) in [5.41, 5.74) is 0. The van der Waals surface area contributed by atoms with Gasteiger partial charge in [0.1, 0.15) is 0 Å². The molecule has 102 valence electrons. The van der Waals surface area contributed by atoms with Gasteiger partial charge in [0.2, 0.25) is 5.95 Å². The Morgan fingerprint density at radius 2 is 2.56 bits per heavy atom. The summed E-state index contributed by atoms with van der Waals surface area (Å²) in [5.74, 6) is 0.914. The van der Waals surface area contributed by atoms with Crippen molar-refractivity contribution in [1.29, 1.82) is 0 Å². The van der Waals surface area contributed by atoms with Crippen LogP contribution in [0.3, 0.4) is 0 Å². The molecule has 2 heterocycles. The lowest BCUT2D eigenvalue weighted by molar-refractivity contribution is 0.100. The van der Waals surface area contributed by atoms with Crippen LogP contribution in [0.2, 0.25) is 0 Å². The zero-order valence-corrected chi connectivity index (χ0v) is 11.3. The molecule has 1 aromatic heterocycles. The van der Waals surface area contributed by atoms with Gasteiger partial charge in [-0.3, -0.25) is 0 Å². The third-order valence-electron chi connectivity index (χ3n) is 3.22. The van der Waals surface area contributed by atoms with E-state index in [0.717, 1.165) is 25.5 Å². The summed E-state index contributed by atoms with van der Waals surface area (Å²) in [5, 5.41) is 3.35. The highest BCUT2D eigenvalue weighted by Gasteiger charge is 2.16. The van der Waals surface area contributed by atoms with E-state index in [1.54, 1.807) is 7.11 Å². The molecule has 2 unspecified atom stereocenters. The number of ether oxygens (including phenoxy) is 2. The van der Waals surface area contributed by atoms with E-state index in [9.17, 15) is 0 Å². The van der Waals surface area contributed by atoms with E-state index in [-0.39, 0.29) is 6.04 Å². The van der Waals surface area contributed by atoms with Gasteiger partial charge in [0.25, 0.3) is 0 Å². The molecule has 1 aliphatic heterocycles. The fourth-order valence-corrected chi connectivity index (χ4v) is 2.30. The zero-order valence-electron chi connectivity index (χ0n) is 11.3. The second-order valence-corrected chi connectivity index (χ2v) is 4.87. The molecule has 1 aromatic rings. The molecule has 0 aliphatic carbocycles. The minimum absolute atomic E-state index is 0.263. The molecule has 2 atom stereocenters. The van der Waals surface area contributed by atoms with E-state index >= 15 is 0 Å². The molecule has 2 rings (SSSR count). The molecular formula is C13H23N3O2. The van der Waals surface area contributed by atoms with Crippen LogP contribution in [0.5, 0.6) is 0 Å². The van der Waals surface area contributed by atoms with Gasteiger partial charge < -0.3 is 19.4 Å². The third kappa shape index (κ3) is 3.71. The summed E-state index contributed by atoms with van der Waals surface area (Å²) in [6.07, 6.45) is 7.72. The van der Waals surface area contributed by atoms with Gasteiger partial charge in [-0.2, -0.15) is 0 Å². The minimum Gasteiger partial charge on any atom is -0.383 e. The van der Waals surface area contributed by atoms with Crippen LogP contribution in [0.15, 0.2) is 12.4 Å². The summed E-state index contributed by atoms with van der Waals surface area (Å²) in [6, 6.07) is 0.263. The molecule has 5 nitrogen and oxygen atoms in total. The molecule has 0 bridgehead atoms. The lowest BCUT2D eigenvalue weighted by atomic mass is 10.2. The fourth-order valence-electron chi connectivity index (χ4n) is 2.30. The van der Waals surface area contributed by atoms with Crippen LogP contribution in [-0.4, -0.2) is 42.0 Å². The zero-order chi connectivity index (χ0) is 12.8. The number of rotatable bonds is 7. The van der Waals surface area contributed by atoms with Crippen LogP contribution in [0.25, 0.3) is 0 Å². The Kier molecular flexibility index (Phi) is 5.01. The van der Waals surface area contributed by atoms with Crippen LogP contribution >= 0.6 is 0 Å². The summed E-state index contributed by atoms with van der Waals surface area (Å²) < 4.78 is 12.9. The SMILES string of the molecule is COCC(C)Nc1nccn1CCC1CCCO1. The number of hydrogen-bond donors (Lipinski definition) is 1. The van der Waals surface area contributed by atoms with E-state index in [4.69, 9.17) is 9.47 Å². The van der Waals surface area contributed by atoms with Crippen LogP contribution < -0.4 is 5.32 Å². The molecule has 1 aliphatic rings. The highest BCUT2D eigenvalue weighted by Crippen LogP contribution is 2.17.